The summed E-state index contributed by atoms with van der Waals surface area (Å²) in [6.07, 6.45) is 2.17. The van der Waals surface area contributed by atoms with Gasteiger partial charge in [-0.1, -0.05) is 18.2 Å². The number of carbonyl (C=O) groups is 1. The number of amides is 1. The van der Waals surface area contributed by atoms with Crippen molar-refractivity contribution in [3.8, 4) is 0 Å². The topological polar surface area (TPSA) is 32.3 Å². The van der Waals surface area contributed by atoms with Gasteiger partial charge in [-0.15, -0.1) is 0 Å². The van der Waals surface area contributed by atoms with E-state index >= 15 is 0 Å². The van der Waals surface area contributed by atoms with Crippen LogP contribution in [-0.4, -0.2) is 20.0 Å². The number of rotatable bonds is 2. The fourth-order valence-electron chi connectivity index (χ4n) is 3.08. The molecule has 0 unspecified atom stereocenters. The van der Waals surface area contributed by atoms with Crippen LogP contribution in [-0.2, 0) is 17.6 Å². The molecule has 19 heavy (non-hydrogen) atoms. The summed E-state index contributed by atoms with van der Waals surface area (Å²) in [6.45, 7) is 1.55. The second-order valence-corrected chi connectivity index (χ2v) is 5.35. The van der Waals surface area contributed by atoms with E-state index in [-0.39, 0.29) is 5.91 Å². The minimum Gasteiger partial charge on any atom is -0.375 e. The van der Waals surface area contributed by atoms with Crippen LogP contribution in [0.5, 0.6) is 0 Å². The summed E-state index contributed by atoms with van der Waals surface area (Å²) < 4.78 is 0. The van der Waals surface area contributed by atoms with E-state index < -0.39 is 0 Å². The van der Waals surface area contributed by atoms with Crippen LogP contribution >= 0.6 is 0 Å². The third kappa shape index (κ3) is 1.86. The fourth-order valence-corrected chi connectivity index (χ4v) is 3.08. The predicted molar refractivity (Wildman–Crippen MR) is 80.0 cm³/mol. The molecular formula is C16H18N2O. The van der Waals surface area contributed by atoms with Crippen LogP contribution in [0.25, 0.3) is 10.8 Å². The highest BCUT2D eigenvalue weighted by molar-refractivity contribution is 6.07. The Morgan fingerprint density at radius 3 is 2.63 bits per heavy atom. The van der Waals surface area contributed by atoms with Crippen molar-refractivity contribution in [1.29, 1.82) is 0 Å². The van der Waals surface area contributed by atoms with Crippen molar-refractivity contribution in [2.45, 2.75) is 19.8 Å². The number of nitrogens with one attached hydrogen (secondary N) is 1. The van der Waals surface area contributed by atoms with Gasteiger partial charge in [0.1, 0.15) is 0 Å². The molecule has 1 aliphatic rings. The molecule has 3 rings (SSSR count). The molecule has 0 aromatic heterocycles. The maximum Gasteiger partial charge on any atom is 0.221 e. The number of hydrogen-bond acceptors (Lipinski definition) is 2. The van der Waals surface area contributed by atoms with E-state index in [1.54, 1.807) is 6.92 Å². The van der Waals surface area contributed by atoms with Gasteiger partial charge in [0, 0.05) is 26.4 Å². The molecular weight excluding hydrogens is 236 g/mol. The summed E-state index contributed by atoms with van der Waals surface area (Å²) in [5.74, 6) is -0.0243. The Balaban J connectivity index is 2.34. The summed E-state index contributed by atoms with van der Waals surface area (Å²) in [7, 11) is 4.04. The smallest absolute Gasteiger partial charge is 0.221 e. The van der Waals surface area contributed by atoms with Crippen molar-refractivity contribution < 1.29 is 4.79 Å². The third-order valence-corrected chi connectivity index (χ3v) is 3.72. The average molecular weight is 254 g/mol. The minimum absolute atomic E-state index is 0.0243. The number of hydrogen-bond donors (Lipinski definition) is 1. The zero-order valence-corrected chi connectivity index (χ0v) is 11.6. The van der Waals surface area contributed by atoms with Crippen LogP contribution in [0.2, 0.25) is 0 Å². The van der Waals surface area contributed by atoms with E-state index in [1.165, 1.54) is 21.9 Å². The van der Waals surface area contributed by atoms with Gasteiger partial charge < -0.3 is 10.2 Å². The van der Waals surface area contributed by atoms with Crippen LogP contribution in [0.4, 0.5) is 11.4 Å². The van der Waals surface area contributed by atoms with Gasteiger partial charge in [0.2, 0.25) is 5.91 Å². The van der Waals surface area contributed by atoms with Gasteiger partial charge in [-0.05, 0) is 35.4 Å². The molecule has 0 atom stereocenters. The van der Waals surface area contributed by atoms with Crippen LogP contribution in [0.1, 0.15) is 18.1 Å². The second kappa shape index (κ2) is 4.26. The number of carbonyl (C=O) groups excluding carboxylic acids is 1. The standard InChI is InChI=1S/C16H18N2O/c1-10(19)17-14-9-12-8-7-11-5-4-6-13(15(11)12)16(14)18(2)3/h4-6,9H,7-8H2,1-3H3,(H,17,19). The molecule has 1 amide bonds. The first-order chi connectivity index (χ1) is 9.08. The second-order valence-electron chi connectivity index (χ2n) is 5.35. The quantitative estimate of drug-likeness (QED) is 0.893. The van der Waals surface area contributed by atoms with Gasteiger partial charge in [-0.25, -0.2) is 0 Å². The Hall–Kier alpha value is -2.03. The van der Waals surface area contributed by atoms with E-state index in [1.807, 2.05) is 14.1 Å². The monoisotopic (exact) mass is 254 g/mol. The molecule has 0 saturated carbocycles. The third-order valence-electron chi connectivity index (χ3n) is 3.72. The molecule has 0 aliphatic heterocycles. The fraction of sp³-hybridized carbons (Fsp3) is 0.312. The van der Waals surface area contributed by atoms with Gasteiger partial charge in [-0.3, -0.25) is 4.79 Å². The SMILES string of the molecule is CC(=O)Nc1cc2c3c(cccc3c1N(C)C)CC2. The molecule has 1 aliphatic carbocycles. The number of aryl methyl sites for hydroxylation is 2. The highest BCUT2D eigenvalue weighted by atomic mass is 16.1. The van der Waals surface area contributed by atoms with Crippen molar-refractivity contribution in [2.24, 2.45) is 0 Å². The van der Waals surface area contributed by atoms with E-state index in [2.05, 4.69) is 34.5 Å². The van der Waals surface area contributed by atoms with Crippen LogP contribution in [0.3, 0.4) is 0 Å². The summed E-state index contributed by atoms with van der Waals surface area (Å²) in [4.78, 5) is 13.5. The maximum absolute atomic E-state index is 11.4. The molecule has 0 fully saturated rings. The first-order valence-electron chi connectivity index (χ1n) is 6.60. The zero-order valence-electron chi connectivity index (χ0n) is 11.6. The lowest BCUT2D eigenvalue weighted by atomic mass is 10.0. The predicted octanol–water partition coefficient (Wildman–Crippen LogP) is 2.96. The highest BCUT2D eigenvalue weighted by Crippen LogP contribution is 2.41. The maximum atomic E-state index is 11.4. The van der Waals surface area contributed by atoms with Crippen LogP contribution in [0.15, 0.2) is 24.3 Å². The Bertz CT molecular complexity index is 674. The van der Waals surface area contributed by atoms with Gasteiger partial charge in [0.05, 0.1) is 11.4 Å². The van der Waals surface area contributed by atoms with Crippen molar-refractivity contribution in [2.75, 3.05) is 24.3 Å². The molecule has 2 aromatic carbocycles. The lowest BCUT2D eigenvalue weighted by Gasteiger charge is -2.21. The molecule has 0 radical (unpaired) electrons. The number of anilines is 2. The van der Waals surface area contributed by atoms with Gasteiger partial charge >= 0.3 is 0 Å². The molecule has 1 N–H and O–H groups in total. The zero-order chi connectivity index (χ0) is 13.6. The first-order valence-corrected chi connectivity index (χ1v) is 6.60. The lowest BCUT2D eigenvalue weighted by molar-refractivity contribution is -0.114. The van der Waals surface area contributed by atoms with Gasteiger partial charge in [-0.2, -0.15) is 0 Å². The lowest BCUT2D eigenvalue weighted by Crippen LogP contribution is -2.15. The molecule has 0 heterocycles. The van der Waals surface area contributed by atoms with Crippen molar-refractivity contribution in [3.63, 3.8) is 0 Å². The average Bonchev–Trinajstić information content (AvgIpc) is 2.73. The Kier molecular flexibility index (Phi) is 2.70. The summed E-state index contributed by atoms with van der Waals surface area (Å²) in [5, 5.41) is 5.58. The highest BCUT2D eigenvalue weighted by Gasteiger charge is 2.20. The number of nitrogens with zero attached hydrogens (tertiary/aromatic N) is 1. The van der Waals surface area contributed by atoms with Crippen molar-refractivity contribution in [3.05, 3.63) is 35.4 Å². The van der Waals surface area contributed by atoms with E-state index in [4.69, 9.17) is 0 Å². The molecule has 0 bridgehead atoms. The van der Waals surface area contributed by atoms with Crippen molar-refractivity contribution in [1.82, 2.24) is 0 Å². The molecule has 3 heteroatoms. The van der Waals surface area contributed by atoms with Gasteiger partial charge in [0.15, 0.2) is 0 Å². The summed E-state index contributed by atoms with van der Waals surface area (Å²) in [6, 6.07) is 8.59. The normalized spacial score (nSPS) is 12.8. The largest absolute Gasteiger partial charge is 0.375 e. The molecule has 0 spiro atoms. The Labute approximate surface area is 113 Å². The Morgan fingerprint density at radius 2 is 1.95 bits per heavy atom. The van der Waals surface area contributed by atoms with Crippen LogP contribution in [0, 0.1) is 0 Å². The number of benzene rings is 2. The summed E-state index contributed by atoms with van der Waals surface area (Å²) in [5.41, 5.74) is 4.78. The summed E-state index contributed by atoms with van der Waals surface area (Å²) >= 11 is 0. The first kappa shape index (κ1) is 12.0. The van der Waals surface area contributed by atoms with Crippen LogP contribution < -0.4 is 10.2 Å². The van der Waals surface area contributed by atoms with E-state index in [0.717, 1.165) is 24.2 Å². The van der Waals surface area contributed by atoms with Gasteiger partial charge in [0.25, 0.3) is 0 Å². The molecule has 98 valence electrons. The molecule has 0 saturated heterocycles. The molecule has 3 nitrogen and oxygen atoms in total. The van der Waals surface area contributed by atoms with E-state index in [9.17, 15) is 4.79 Å². The van der Waals surface area contributed by atoms with Crippen molar-refractivity contribution >= 4 is 28.1 Å². The Morgan fingerprint density at radius 1 is 1.21 bits per heavy atom. The van der Waals surface area contributed by atoms with E-state index in [0.29, 0.717) is 0 Å². The minimum atomic E-state index is -0.0243. The molecule has 2 aromatic rings.